The zero-order valence-electron chi connectivity index (χ0n) is 53.9. The summed E-state index contributed by atoms with van der Waals surface area (Å²) in [4.78, 5) is 38.4. The van der Waals surface area contributed by atoms with E-state index >= 15 is 0 Å². The number of rotatable bonds is 68. The third-order valence-corrected chi connectivity index (χ3v) is 16.8. The van der Waals surface area contributed by atoms with Crippen molar-refractivity contribution in [3.63, 3.8) is 0 Å². The van der Waals surface area contributed by atoms with E-state index in [0.29, 0.717) is 19.3 Å². The second kappa shape index (κ2) is 68.6. The van der Waals surface area contributed by atoms with Crippen LogP contribution in [0.2, 0.25) is 0 Å². The maximum Gasteiger partial charge on any atom is 0.306 e. The molecule has 0 aliphatic rings. The van der Waals surface area contributed by atoms with Gasteiger partial charge in [0.1, 0.15) is 13.2 Å². The Bertz CT molecular complexity index is 1230. The Morgan fingerprint density at radius 3 is 0.633 bits per heavy atom. The number of unbranched alkanes of at least 4 members (excludes halogenated alkanes) is 55. The number of ether oxygens (including phenoxy) is 3. The predicted octanol–water partition coefficient (Wildman–Crippen LogP) is 24.8. The number of hydrogen-bond acceptors (Lipinski definition) is 6. The molecule has 0 saturated carbocycles. The molecular weight excluding hydrogens is 973 g/mol. The molecule has 0 aromatic heterocycles. The maximum absolute atomic E-state index is 12.9. The second-order valence-corrected chi connectivity index (χ2v) is 24.9. The monoisotopic (exact) mass is 1110 g/mol. The van der Waals surface area contributed by atoms with Gasteiger partial charge in [0.2, 0.25) is 0 Å². The van der Waals surface area contributed by atoms with E-state index < -0.39 is 6.10 Å². The molecule has 0 radical (unpaired) electrons. The van der Waals surface area contributed by atoms with Crippen molar-refractivity contribution >= 4 is 17.9 Å². The summed E-state index contributed by atoms with van der Waals surface area (Å²) in [5, 5.41) is 0. The van der Waals surface area contributed by atoms with Crippen LogP contribution in [0.25, 0.3) is 0 Å². The molecule has 0 bridgehead atoms. The van der Waals surface area contributed by atoms with Crippen LogP contribution >= 0.6 is 0 Å². The van der Waals surface area contributed by atoms with Crippen LogP contribution in [0.15, 0.2) is 12.2 Å². The minimum absolute atomic E-state index is 0.0667. The number of hydrogen-bond donors (Lipinski definition) is 0. The van der Waals surface area contributed by atoms with Crippen LogP contribution < -0.4 is 0 Å². The first-order valence-electron chi connectivity index (χ1n) is 36.2. The molecular formula is C73H140O6. The van der Waals surface area contributed by atoms with Gasteiger partial charge in [-0.1, -0.05) is 367 Å². The lowest BCUT2D eigenvalue weighted by Crippen LogP contribution is -2.30. The van der Waals surface area contributed by atoms with E-state index in [-0.39, 0.29) is 31.1 Å². The molecule has 6 nitrogen and oxygen atoms in total. The standard InChI is InChI=1S/C73H140O6/c1-4-7-10-13-16-19-22-25-28-29-30-31-32-33-34-35-36-37-38-39-40-41-42-43-44-46-48-51-54-57-60-63-66-72(75)78-69-70(68-77-71(74)65-62-59-56-53-50-47-27-24-21-18-15-12-9-6-3)79-73(76)67-64-61-58-55-52-49-45-26-23-20-17-14-11-8-5-2/h26,45,70H,4-25,27-44,46-69H2,1-3H3/b45-26-. The molecule has 0 aromatic carbocycles. The minimum atomic E-state index is -0.770. The van der Waals surface area contributed by atoms with E-state index in [1.165, 1.54) is 315 Å². The molecule has 1 unspecified atom stereocenters. The van der Waals surface area contributed by atoms with Gasteiger partial charge in [-0.25, -0.2) is 0 Å². The molecule has 0 N–H and O–H groups in total. The van der Waals surface area contributed by atoms with Crippen LogP contribution in [-0.2, 0) is 28.6 Å². The summed E-state index contributed by atoms with van der Waals surface area (Å²) >= 11 is 0. The van der Waals surface area contributed by atoms with Crippen molar-refractivity contribution in [3.8, 4) is 0 Å². The summed E-state index contributed by atoms with van der Waals surface area (Å²) in [7, 11) is 0. The van der Waals surface area contributed by atoms with Crippen LogP contribution in [0.4, 0.5) is 0 Å². The van der Waals surface area contributed by atoms with Gasteiger partial charge in [0.15, 0.2) is 6.10 Å². The molecule has 468 valence electrons. The topological polar surface area (TPSA) is 78.9 Å². The predicted molar refractivity (Wildman–Crippen MR) is 344 cm³/mol. The van der Waals surface area contributed by atoms with Crippen molar-refractivity contribution in [1.29, 1.82) is 0 Å². The van der Waals surface area contributed by atoms with Gasteiger partial charge >= 0.3 is 17.9 Å². The Balaban J connectivity index is 4.08. The highest BCUT2D eigenvalue weighted by Crippen LogP contribution is 2.19. The molecule has 0 saturated heterocycles. The average molecular weight is 1110 g/mol. The summed E-state index contributed by atoms with van der Waals surface area (Å²) in [6, 6.07) is 0. The summed E-state index contributed by atoms with van der Waals surface area (Å²) < 4.78 is 17.0. The van der Waals surface area contributed by atoms with Crippen molar-refractivity contribution in [2.24, 2.45) is 0 Å². The van der Waals surface area contributed by atoms with Gasteiger partial charge in [0.05, 0.1) is 0 Å². The molecule has 0 fully saturated rings. The van der Waals surface area contributed by atoms with E-state index in [0.717, 1.165) is 64.2 Å². The fourth-order valence-corrected chi connectivity index (χ4v) is 11.3. The number of esters is 3. The van der Waals surface area contributed by atoms with Crippen LogP contribution in [-0.4, -0.2) is 37.2 Å². The zero-order chi connectivity index (χ0) is 57.1. The van der Waals surface area contributed by atoms with Gasteiger partial charge in [0, 0.05) is 19.3 Å². The van der Waals surface area contributed by atoms with Crippen LogP contribution in [0.1, 0.15) is 419 Å². The first-order chi connectivity index (χ1) is 39.0. The van der Waals surface area contributed by atoms with Gasteiger partial charge in [-0.05, 0) is 44.9 Å². The fraction of sp³-hybridized carbons (Fsp3) is 0.932. The molecule has 1 atom stereocenters. The highest BCUT2D eigenvalue weighted by atomic mass is 16.6. The normalized spacial score (nSPS) is 12.0. The zero-order valence-corrected chi connectivity index (χ0v) is 53.9. The molecule has 0 spiro atoms. The highest BCUT2D eigenvalue weighted by Gasteiger charge is 2.19. The highest BCUT2D eigenvalue weighted by molar-refractivity contribution is 5.71. The summed E-state index contributed by atoms with van der Waals surface area (Å²) in [6.45, 7) is 6.71. The number of allylic oxidation sites excluding steroid dienone is 2. The van der Waals surface area contributed by atoms with Crippen molar-refractivity contribution in [2.75, 3.05) is 13.2 Å². The van der Waals surface area contributed by atoms with E-state index in [1.807, 2.05) is 0 Å². The first kappa shape index (κ1) is 77.2. The summed E-state index contributed by atoms with van der Waals surface area (Å²) in [6.07, 6.45) is 82.6. The molecule has 0 heterocycles. The fourth-order valence-electron chi connectivity index (χ4n) is 11.3. The summed E-state index contributed by atoms with van der Waals surface area (Å²) in [5.41, 5.74) is 0. The van der Waals surface area contributed by atoms with E-state index in [4.69, 9.17) is 14.2 Å². The van der Waals surface area contributed by atoms with Crippen LogP contribution in [0, 0.1) is 0 Å². The Kier molecular flexibility index (Phi) is 67.0. The third kappa shape index (κ3) is 66.8. The smallest absolute Gasteiger partial charge is 0.306 e. The van der Waals surface area contributed by atoms with Crippen molar-refractivity contribution in [2.45, 2.75) is 425 Å². The molecule has 79 heavy (non-hydrogen) atoms. The lowest BCUT2D eigenvalue weighted by atomic mass is 10.0. The Morgan fingerprint density at radius 2 is 0.418 bits per heavy atom. The summed E-state index contributed by atoms with van der Waals surface area (Å²) in [5.74, 6) is -0.842. The van der Waals surface area contributed by atoms with Crippen LogP contribution in [0.3, 0.4) is 0 Å². The van der Waals surface area contributed by atoms with Gasteiger partial charge in [-0.2, -0.15) is 0 Å². The van der Waals surface area contributed by atoms with Gasteiger partial charge < -0.3 is 14.2 Å². The minimum Gasteiger partial charge on any atom is -0.462 e. The van der Waals surface area contributed by atoms with Crippen molar-refractivity contribution in [3.05, 3.63) is 12.2 Å². The molecule has 6 heteroatoms. The van der Waals surface area contributed by atoms with Crippen molar-refractivity contribution < 1.29 is 28.6 Å². The second-order valence-electron chi connectivity index (χ2n) is 24.9. The molecule has 0 aliphatic heterocycles. The maximum atomic E-state index is 12.9. The van der Waals surface area contributed by atoms with Gasteiger partial charge in [-0.3, -0.25) is 14.4 Å². The molecule has 0 aromatic rings. The average Bonchev–Trinajstić information content (AvgIpc) is 3.45. The van der Waals surface area contributed by atoms with Crippen LogP contribution in [0.5, 0.6) is 0 Å². The third-order valence-electron chi connectivity index (χ3n) is 16.8. The number of carbonyl (C=O) groups is 3. The van der Waals surface area contributed by atoms with Crippen molar-refractivity contribution in [1.82, 2.24) is 0 Å². The number of carbonyl (C=O) groups excluding carboxylic acids is 3. The Hall–Kier alpha value is -1.85. The molecule has 0 amide bonds. The van der Waals surface area contributed by atoms with E-state index in [1.54, 1.807) is 0 Å². The molecule has 0 rings (SSSR count). The Labute approximate surface area is 494 Å². The molecule has 0 aliphatic carbocycles. The quantitative estimate of drug-likeness (QED) is 0.0261. The SMILES string of the molecule is CCCCCCCC/C=C\CCCCCCCC(=O)OC(COC(=O)CCCCCCCCCCCCCCCC)COC(=O)CCCCCCCCCCCCCCCCCCCCCCCCCCCCCCCCCC. The van der Waals surface area contributed by atoms with E-state index in [2.05, 4.69) is 32.9 Å². The Morgan fingerprint density at radius 1 is 0.241 bits per heavy atom. The lowest BCUT2D eigenvalue weighted by molar-refractivity contribution is -0.167. The van der Waals surface area contributed by atoms with Gasteiger partial charge in [0.25, 0.3) is 0 Å². The van der Waals surface area contributed by atoms with Gasteiger partial charge in [-0.15, -0.1) is 0 Å². The van der Waals surface area contributed by atoms with E-state index in [9.17, 15) is 14.4 Å². The lowest BCUT2D eigenvalue weighted by Gasteiger charge is -2.18. The first-order valence-corrected chi connectivity index (χ1v) is 36.2. The largest absolute Gasteiger partial charge is 0.462 e.